The number of rotatable bonds is 1. The van der Waals surface area contributed by atoms with E-state index in [0.29, 0.717) is 13.2 Å². The van der Waals surface area contributed by atoms with Crippen LogP contribution in [0.2, 0.25) is 0 Å². The fourth-order valence-electron chi connectivity index (χ4n) is 0.904. The SMILES string of the molecule is C[C@@H]1OCCO[C@H]1C(=O)O. The predicted octanol–water partition coefficient (Wildman–Crippen LogP) is -0.125. The van der Waals surface area contributed by atoms with Gasteiger partial charge in [-0.25, -0.2) is 4.79 Å². The largest absolute Gasteiger partial charge is 0.479 e. The maximum atomic E-state index is 10.4. The highest BCUT2D eigenvalue weighted by molar-refractivity contribution is 5.73. The zero-order chi connectivity index (χ0) is 7.56. The van der Waals surface area contributed by atoms with Crippen LogP contribution >= 0.6 is 0 Å². The summed E-state index contributed by atoms with van der Waals surface area (Å²) < 4.78 is 9.97. The van der Waals surface area contributed by atoms with E-state index in [1.165, 1.54) is 0 Å². The van der Waals surface area contributed by atoms with Crippen molar-refractivity contribution in [2.24, 2.45) is 0 Å². The molecule has 1 rings (SSSR count). The summed E-state index contributed by atoms with van der Waals surface area (Å²) in [5.74, 6) is -0.952. The number of carboxylic acid groups (broad SMARTS) is 1. The van der Waals surface area contributed by atoms with Crippen LogP contribution in [-0.4, -0.2) is 36.5 Å². The van der Waals surface area contributed by atoms with E-state index in [4.69, 9.17) is 14.6 Å². The second-order valence-electron chi connectivity index (χ2n) is 2.21. The van der Waals surface area contributed by atoms with Gasteiger partial charge < -0.3 is 14.6 Å². The summed E-state index contributed by atoms with van der Waals surface area (Å²) in [7, 11) is 0. The third-order valence-electron chi connectivity index (χ3n) is 1.43. The quantitative estimate of drug-likeness (QED) is 0.560. The lowest BCUT2D eigenvalue weighted by Crippen LogP contribution is -2.41. The number of aliphatic carboxylic acids is 1. The van der Waals surface area contributed by atoms with E-state index < -0.39 is 12.1 Å². The summed E-state index contributed by atoms with van der Waals surface area (Å²) in [6.45, 7) is 2.56. The molecule has 4 heteroatoms. The monoisotopic (exact) mass is 146 g/mol. The Morgan fingerprint density at radius 1 is 1.50 bits per heavy atom. The summed E-state index contributed by atoms with van der Waals surface area (Å²) in [5, 5.41) is 8.50. The lowest BCUT2D eigenvalue weighted by Gasteiger charge is -2.25. The van der Waals surface area contributed by atoms with Gasteiger partial charge in [0.1, 0.15) is 0 Å². The van der Waals surface area contributed by atoms with E-state index in [1.54, 1.807) is 6.92 Å². The summed E-state index contributed by atoms with van der Waals surface area (Å²) in [4.78, 5) is 10.4. The van der Waals surface area contributed by atoms with E-state index >= 15 is 0 Å². The highest BCUT2D eigenvalue weighted by Gasteiger charge is 2.28. The predicted molar refractivity (Wildman–Crippen MR) is 32.8 cm³/mol. The molecule has 0 bridgehead atoms. The van der Waals surface area contributed by atoms with Crippen LogP contribution in [0.3, 0.4) is 0 Å². The smallest absolute Gasteiger partial charge is 0.335 e. The van der Waals surface area contributed by atoms with E-state index in [2.05, 4.69) is 0 Å². The summed E-state index contributed by atoms with van der Waals surface area (Å²) >= 11 is 0. The van der Waals surface area contributed by atoms with Crippen LogP contribution in [0.4, 0.5) is 0 Å². The fraction of sp³-hybridized carbons (Fsp3) is 0.833. The van der Waals surface area contributed by atoms with E-state index in [9.17, 15) is 4.79 Å². The molecule has 0 aromatic heterocycles. The number of carboxylic acids is 1. The molecule has 1 fully saturated rings. The van der Waals surface area contributed by atoms with Gasteiger partial charge in [0.15, 0.2) is 6.10 Å². The van der Waals surface area contributed by atoms with Gasteiger partial charge >= 0.3 is 5.97 Å². The van der Waals surface area contributed by atoms with Gasteiger partial charge in [-0.05, 0) is 6.92 Å². The van der Waals surface area contributed by atoms with Crippen molar-refractivity contribution in [2.75, 3.05) is 13.2 Å². The summed E-state index contributed by atoms with van der Waals surface area (Å²) in [6, 6.07) is 0. The van der Waals surface area contributed by atoms with Crippen LogP contribution in [0.5, 0.6) is 0 Å². The Hall–Kier alpha value is -0.610. The zero-order valence-corrected chi connectivity index (χ0v) is 5.74. The second kappa shape index (κ2) is 2.98. The van der Waals surface area contributed by atoms with Crippen molar-refractivity contribution < 1.29 is 19.4 Å². The molecule has 4 nitrogen and oxygen atoms in total. The fourth-order valence-corrected chi connectivity index (χ4v) is 0.904. The first-order chi connectivity index (χ1) is 4.72. The lowest BCUT2D eigenvalue weighted by atomic mass is 10.2. The molecule has 0 aromatic rings. The molecule has 1 saturated heterocycles. The molecule has 1 aliphatic rings. The first-order valence-electron chi connectivity index (χ1n) is 3.18. The normalized spacial score (nSPS) is 33.7. The Morgan fingerprint density at radius 2 is 2.10 bits per heavy atom. The molecule has 0 amide bonds. The van der Waals surface area contributed by atoms with Crippen molar-refractivity contribution in [1.29, 1.82) is 0 Å². The zero-order valence-electron chi connectivity index (χ0n) is 5.74. The first-order valence-corrected chi connectivity index (χ1v) is 3.18. The summed E-state index contributed by atoms with van der Waals surface area (Å²) in [5.41, 5.74) is 0. The molecule has 0 radical (unpaired) electrons. The standard InChI is InChI=1S/C6H10O4/c1-4-5(6(7)8)10-3-2-9-4/h4-5H,2-3H2,1H3,(H,7,8)/t4-,5+/m0/s1. The number of hydrogen-bond donors (Lipinski definition) is 1. The maximum absolute atomic E-state index is 10.4. The molecule has 0 aromatic carbocycles. The molecule has 10 heavy (non-hydrogen) atoms. The third-order valence-corrected chi connectivity index (χ3v) is 1.43. The molecule has 1 N–H and O–H groups in total. The highest BCUT2D eigenvalue weighted by atomic mass is 16.6. The van der Waals surface area contributed by atoms with E-state index in [1.807, 2.05) is 0 Å². The van der Waals surface area contributed by atoms with Gasteiger partial charge in [0.2, 0.25) is 0 Å². The molecular weight excluding hydrogens is 136 g/mol. The maximum Gasteiger partial charge on any atom is 0.335 e. The van der Waals surface area contributed by atoms with Gasteiger partial charge in [0.05, 0.1) is 19.3 Å². The molecule has 0 saturated carbocycles. The summed E-state index contributed by atoms with van der Waals surface area (Å²) in [6.07, 6.45) is -1.11. The van der Waals surface area contributed by atoms with Gasteiger partial charge in [-0.1, -0.05) is 0 Å². The number of ether oxygens (including phenoxy) is 2. The highest BCUT2D eigenvalue weighted by Crippen LogP contribution is 2.08. The molecule has 58 valence electrons. The van der Waals surface area contributed by atoms with Crippen LogP contribution in [0.25, 0.3) is 0 Å². The molecule has 1 heterocycles. The minimum Gasteiger partial charge on any atom is -0.479 e. The van der Waals surface area contributed by atoms with Gasteiger partial charge in [-0.2, -0.15) is 0 Å². The van der Waals surface area contributed by atoms with Crippen LogP contribution in [0.15, 0.2) is 0 Å². The van der Waals surface area contributed by atoms with Crippen molar-refractivity contribution in [1.82, 2.24) is 0 Å². The molecule has 0 aliphatic carbocycles. The van der Waals surface area contributed by atoms with Crippen LogP contribution < -0.4 is 0 Å². The average Bonchev–Trinajstić information content (AvgIpc) is 1.88. The van der Waals surface area contributed by atoms with Crippen LogP contribution in [0, 0.1) is 0 Å². The topological polar surface area (TPSA) is 55.8 Å². The van der Waals surface area contributed by atoms with Crippen molar-refractivity contribution in [2.45, 2.75) is 19.1 Å². The van der Waals surface area contributed by atoms with Crippen molar-refractivity contribution in [3.05, 3.63) is 0 Å². The average molecular weight is 146 g/mol. The van der Waals surface area contributed by atoms with Gasteiger partial charge in [-0.15, -0.1) is 0 Å². The Labute approximate surface area is 58.7 Å². The third kappa shape index (κ3) is 1.46. The van der Waals surface area contributed by atoms with E-state index in [0.717, 1.165) is 0 Å². The molecular formula is C6H10O4. The van der Waals surface area contributed by atoms with Gasteiger partial charge in [0.25, 0.3) is 0 Å². The Kier molecular flexibility index (Phi) is 2.24. The Bertz CT molecular complexity index is 134. The number of hydrogen-bond acceptors (Lipinski definition) is 3. The van der Waals surface area contributed by atoms with E-state index in [-0.39, 0.29) is 6.10 Å². The minimum absolute atomic E-state index is 0.328. The van der Waals surface area contributed by atoms with Gasteiger partial charge in [0, 0.05) is 0 Å². The van der Waals surface area contributed by atoms with Gasteiger partial charge in [-0.3, -0.25) is 0 Å². The Morgan fingerprint density at radius 3 is 2.50 bits per heavy atom. The number of carbonyl (C=O) groups is 1. The van der Waals surface area contributed by atoms with Crippen molar-refractivity contribution in [3.8, 4) is 0 Å². The Balaban J connectivity index is 2.47. The van der Waals surface area contributed by atoms with Crippen molar-refractivity contribution >= 4 is 5.97 Å². The van der Waals surface area contributed by atoms with Crippen molar-refractivity contribution in [3.63, 3.8) is 0 Å². The molecule has 0 spiro atoms. The van der Waals surface area contributed by atoms with Crippen LogP contribution in [0.1, 0.15) is 6.92 Å². The second-order valence-corrected chi connectivity index (χ2v) is 2.21. The molecule has 2 atom stereocenters. The molecule has 0 unspecified atom stereocenters. The lowest BCUT2D eigenvalue weighted by molar-refractivity contribution is -0.177. The van der Waals surface area contributed by atoms with Crippen LogP contribution in [-0.2, 0) is 14.3 Å². The molecule has 1 aliphatic heterocycles. The first kappa shape index (κ1) is 7.50. The minimum atomic E-state index is -0.952.